The molecule has 0 aliphatic rings. The molecule has 2 nitrogen and oxygen atoms in total. The molecule has 0 amide bonds. The van der Waals surface area contributed by atoms with Crippen molar-refractivity contribution in [2.24, 2.45) is 0 Å². The number of carboxylic acid groups (broad SMARTS) is 1. The first kappa shape index (κ1) is 10.8. The zero-order chi connectivity index (χ0) is 4.99. The summed E-state index contributed by atoms with van der Waals surface area (Å²) in [6, 6.07) is 0. The summed E-state index contributed by atoms with van der Waals surface area (Å²) in [6.45, 7) is 0. The van der Waals surface area contributed by atoms with Gasteiger partial charge in [0.25, 0.3) is 0 Å². The third-order valence-electron chi connectivity index (χ3n) is 0.199. The second kappa shape index (κ2) is 6.94. The SMILES string of the molecule is O=C([O-])/C=C\I.[Na+]. The molecule has 7 heavy (non-hydrogen) atoms. The van der Waals surface area contributed by atoms with Gasteiger partial charge in [-0.25, -0.2) is 0 Å². The van der Waals surface area contributed by atoms with E-state index in [-0.39, 0.29) is 29.6 Å². The minimum Gasteiger partial charge on any atom is -0.545 e. The quantitative estimate of drug-likeness (QED) is 0.263. The van der Waals surface area contributed by atoms with E-state index in [0.717, 1.165) is 6.08 Å². The second-order valence-electron chi connectivity index (χ2n) is 0.612. The third-order valence-corrected chi connectivity index (χ3v) is 0.559. The minimum atomic E-state index is -1.15. The standard InChI is InChI=1S/C3H3IO2.Na/c4-2-1-3(5)6;/h1-2H,(H,5,6);/q;+1/p-1/b2-1-;. The molecule has 0 N–H and O–H groups in total. The molecule has 0 atom stereocenters. The van der Waals surface area contributed by atoms with Crippen molar-refractivity contribution in [2.75, 3.05) is 0 Å². The molecule has 0 aromatic heterocycles. The molecule has 0 bridgehead atoms. The van der Waals surface area contributed by atoms with E-state index in [1.807, 2.05) is 0 Å². The van der Waals surface area contributed by atoms with Crippen LogP contribution >= 0.6 is 22.6 Å². The Morgan fingerprint density at radius 1 is 1.71 bits per heavy atom. The Balaban J connectivity index is 0. The van der Waals surface area contributed by atoms with Crippen LogP contribution in [0.15, 0.2) is 10.2 Å². The van der Waals surface area contributed by atoms with Gasteiger partial charge in [0.1, 0.15) is 0 Å². The first-order valence-electron chi connectivity index (χ1n) is 1.25. The van der Waals surface area contributed by atoms with Crippen LogP contribution in [-0.4, -0.2) is 5.97 Å². The van der Waals surface area contributed by atoms with Crippen molar-refractivity contribution in [1.29, 1.82) is 0 Å². The summed E-state index contributed by atoms with van der Waals surface area (Å²) in [5.41, 5.74) is 0. The van der Waals surface area contributed by atoms with E-state index in [9.17, 15) is 9.90 Å². The van der Waals surface area contributed by atoms with Crippen LogP contribution in [0, 0.1) is 0 Å². The fraction of sp³-hybridized carbons (Fsp3) is 0. The maximum Gasteiger partial charge on any atom is 1.00 e. The summed E-state index contributed by atoms with van der Waals surface area (Å²) in [4.78, 5) is 9.40. The summed E-state index contributed by atoms with van der Waals surface area (Å²) in [6.07, 6.45) is 0.959. The van der Waals surface area contributed by atoms with Crippen LogP contribution < -0.4 is 34.7 Å². The van der Waals surface area contributed by atoms with Crippen molar-refractivity contribution in [2.45, 2.75) is 0 Å². The van der Waals surface area contributed by atoms with Crippen molar-refractivity contribution < 1.29 is 39.5 Å². The van der Waals surface area contributed by atoms with Gasteiger partial charge in [0.15, 0.2) is 0 Å². The molecule has 0 aromatic carbocycles. The van der Waals surface area contributed by atoms with Gasteiger partial charge in [-0.1, -0.05) is 22.6 Å². The fourth-order valence-electron chi connectivity index (χ4n) is 0.0514. The maximum absolute atomic E-state index is 9.40. The molecule has 0 aliphatic carbocycles. The van der Waals surface area contributed by atoms with E-state index < -0.39 is 5.97 Å². The van der Waals surface area contributed by atoms with Gasteiger partial charge in [0.2, 0.25) is 0 Å². The molecule has 0 aliphatic heterocycles. The van der Waals surface area contributed by atoms with Crippen molar-refractivity contribution in [3.63, 3.8) is 0 Å². The normalized spacial score (nSPS) is 8.14. The third kappa shape index (κ3) is 10.9. The zero-order valence-corrected chi connectivity index (χ0v) is 8.01. The fourth-order valence-corrected chi connectivity index (χ4v) is 0.345. The van der Waals surface area contributed by atoms with Crippen LogP contribution in [0.25, 0.3) is 0 Å². The van der Waals surface area contributed by atoms with Crippen LogP contribution in [0.4, 0.5) is 0 Å². The molecule has 0 spiro atoms. The van der Waals surface area contributed by atoms with E-state index in [2.05, 4.69) is 0 Å². The van der Waals surface area contributed by atoms with Crippen LogP contribution in [-0.2, 0) is 4.79 Å². The van der Waals surface area contributed by atoms with E-state index in [1.165, 1.54) is 4.08 Å². The van der Waals surface area contributed by atoms with E-state index >= 15 is 0 Å². The predicted octanol–water partition coefficient (Wildman–Crippen LogP) is -3.31. The second-order valence-corrected chi connectivity index (χ2v) is 1.33. The molecule has 0 saturated heterocycles. The number of hydrogen-bond acceptors (Lipinski definition) is 2. The molecule has 0 rings (SSSR count). The van der Waals surface area contributed by atoms with Gasteiger partial charge in [-0.3, -0.25) is 0 Å². The molecular weight excluding hydrogens is 218 g/mol. The first-order chi connectivity index (χ1) is 2.77. The number of rotatable bonds is 1. The molecule has 0 fully saturated rings. The molecule has 0 unspecified atom stereocenters. The van der Waals surface area contributed by atoms with Crippen LogP contribution in [0.3, 0.4) is 0 Å². The Kier molecular flexibility index (Phi) is 10.7. The van der Waals surface area contributed by atoms with Crippen molar-refractivity contribution in [1.82, 2.24) is 0 Å². The van der Waals surface area contributed by atoms with Crippen molar-refractivity contribution in [3.8, 4) is 0 Å². The molecule has 4 heteroatoms. The van der Waals surface area contributed by atoms with E-state index in [1.54, 1.807) is 22.6 Å². The number of carboxylic acids is 1. The molecule has 0 heterocycles. The number of aliphatic carboxylic acids is 1. The van der Waals surface area contributed by atoms with Gasteiger partial charge in [-0.15, -0.1) is 0 Å². The van der Waals surface area contributed by atoms with Gasteiger partial charge in [0, 0.05) is 0 Å². The topological polar surface area (TPSA) is 40.1 Å². The van der Waals surface area contributed by atoms with Gasteiger partial charge in [0.05, 0.1) is 5.97 Å². The molecule has 0 aromatic rings. The maximum atomic E-state index is 9.40. The van der Waals surface area contributed by atoms with Crippen LogP contribution in [0.1, 0.15) is 0 Å². The monoisotopic (exact) mass is 220 g/mol. The number of halogens is 1. The molecular formula is C3H2INaO2. The summed E-state index contributed by atoms with van der Waals surface area (Å²) in [7, 11) is 0. The average molecular weight is 220 g/mol. The summed E-state index contributed by atoms with van der Waals surface area (Å²) in [5.74, 6) is -1.15. The summed E-state index contributed by atoms with van der Waals surface area (Å²) in [5, 5.41) is 9.40. The largest absolute Gasteiger partial charge is 1.00 e. The zero-order valence-electron chi connectivity index (χ0n) is 3.85. The summed E-state index contributed by atoms with van der Waals surface area (Å²) >= 11 is 1.80. The van der Waals surface area contributed by atoms with E-state index in [4.69, 9.17) is 0 Å². The predicted molar refractivity (Wildman–Crippen MR) is 28.2 cm³/mol. The summed E-state index contributed by atoms with van der Waals surface area (Å²) < 4.78 is 1.38. The van der Waals surface area contributed by atoms with Crippen molar-refractivity contribution >= 4 is 28.6 Å². The smallest absolute Gasteiger partial charge is 0.545 e. The van der Waals surface area contributed by atoms with Gasteiger partial charge in [-0.2, -0.15) is 0 Å². The molecule has 0 radical (unpaired) electrons. The number of carbonyl (C=O) groups excluding carboxylic acids is 1. The Labute approximate surface area is 77.4 Å². The molecule has 0 saturated carbocycles. The minimum absolute atomic E-state index is 0. The Hall–Kier alpha value is 0.940. The average Bonchev–Trinajstić information content (AvgIpc) is 1.35. The first-order valence-corrected chi connectivity index (χ1v) is 2.49. The van der Waals surface area contributed by atoms with Gasteiger partial charge >= 0.3 is 29.6 Å². The Morgan fingerprint density at radius 2 is 2.14 bits per heavy atom. The van der Waals surface area contributed by atoms with Crippen LogP contribution in [0.5, 0.6) is 0 Å². The van der Waals surface area contributed by atoms with Gasteiger partial charge in [-0.05, 0) is 10.2 Å². The number of carbonyl (C=O) groups is 1. The van der Waals surface area contributed by atoms with Crippen LogP contribution in [0.2, 0.25) is 0 Å². The van der Waals surface area contributed by atoms with Gasteiger partial charge < -0.3 is 9.90 Å². The molecule has 34 valence electrons. The van der Waals surface area contributed by atoms with Crippen molar-refractivity contribution in [3.05, 3.63) is 10.2 Å². The Morgan fingerprint density at radius 3 is 2.14 bits per heavy atom. The number of hydrogen-bond donors (Lipinski definition) is 0. The Bertz CT molecular complexity index is 81.0. The van der Waals surface area contributed by atoms with E-state index in [0.29, 0.717) is 0 Å².